The van der Waals surface area contributed by atoms with Crippen molar-refractivity contribution in [1.82, 2.24) is 14.7 Å². The number of aromatic hydroxyl groups is 1. The number of nitrogen functional groups attached to an aromatic ring is 1. The van der Waals surface area contributed by atoms with E-state index >= 15 is 0 Å². The second-order valence-corrected chi connectivity index (χ2v) is 10.7. The van der Waals surface area contributed by atoms with E-state index in [0.717, 1.165) is 12.5 Å². The van der Waals surface area contributed by atoms with Gasteiger partial charge in [0.1, 0.15) is 28.1 Å². The average molecular weight is 500 g/mol. The van der Waals surface area contributed by atoms with Crippen molar-refractivity contribution in [3.05, 3.63) is 60.0 Å². The molecule has 1 aliphatic heterocycles. The van der Waals surface area contributed by atoms with Crippen LogP contribution in [0, 0.1) is 11.7 Å². The molecule has 1 aromatic carbocycles. The minimum Gasteiger partial charge on any atom is -0.508 e. The monoisotopic (exact) mass is 499 g/mol. The van der Waals surface area contributed by atoms with Crippen LogP contribution in [0.15, 0.2) is 53.6 Å². The second-order valence-electron chi connectivity index (χ2n) is 9.08. The number of rotatable bonds is 5. The molecule has 0 spiro atoms. The SMILES string of the molecule is CC1CCN(c2nc(-c3cc(O)cc(F)c3)ccc2C(=O)NS(=O)(=O)c2cccnc2N)C1(C)C. The van der Waals surface area contributed by atoms with Crippen molar-refractivity contribution in [2.24, 2.45) is 5.92 Å². The van der Waals surface area contributed by atoms with Crippen LogP contribution in [0.5, 0.6) is 5.75 Å². The molecule has 9 nitrogen and oxygen atoms in total. The number of nitrogens with one attached hydrogen (secondary N) is 1. The topological polar surface area (TPSA) is 139 Å². The van der Waals surface area contributed by atoms with Crippen LogP contribution in [0.25, 0.3) is 11.3 Å². The van der Waals surface area contributed by atoms with E-state index < -0.39 is 27.3 Å². The first-order valence-electron chi connectivity index (χ1n) is 11.0. The largest absolute Gasteiger partial charge is 0.508 e. The number of pyridine rings is 2. The van der Waals surface area contributed by atoms with E-state index in [1.54, 1.807) is 0 Å². The predicted octanol–water partition coefficient (Wildman–Crippen LogP) is 3.31. The zero-order chi connectivity index (χ0) is 25.5. The summed E-state index contributed by atoms with van der Waals surface area (Å²) >= 11 is 0. The third kappa shape index (κ3) is 4.63. The average Bonchev–Trinajstić information content (AvgIpc) is 3.04. The smallest absolute Gasteiger partial charge is 0.268 e. The minimum atomic E-state index is -4.31. The standard InChI is InChI=1S/C24H26FN5O4S/c1-14-8-10-30(24(14,2)3)22-18(6-7-19(28-22)15-11-16(25)13-17(31)12-15)23(32)29-35(33,34)20-5-4-9-27-21(20)26/h4-7,9,11-14,31H,8,10H2,1-3H3,(H2,26,27)(H,29,32). The molecule has 3 aromatic rings. The first-order valence-corrected chi connectivity index (χ1v) is 12.4. The number of hydrogen-bond acceptors (Lipinski definition) is 8. The Bertz CT molecular complexity index is 1390. The van der Waals surface area contributed by atoms with E-state index in [4.69, 9.17) is 5.73 Å². The summed E-state index contributed by atoms with van der Waals surface area (Å²) in [4.78, 5) is 23.3. The lowest BCUT2D eigenvalue weighted by Crippen LogP contribution is -2.43. The number of sulfonamides is 1. The Morgan fingerprint density at radius 2 is 2.00 bits per heavy atom. The third-order valence-electron chi connectivity index (χ3n) is 6.56. The number of phenolic OH excluding ortho intramolecular Hbond substituents is 1. The molecule has 11 heteroatoms. The van der Waals surface area contributed by atoms with Gasteiger partial charge in [-0.1, -0.05) is 6.92 Å². The highest BCUT2D eigenvalue weighted by Crippen LogP contribution is 2.39. The van der Waals surface area contributed by atoms with Crippen LogP contribution < -0.4 is 15.4 Å². The summed E-state index contributed by atoms with van der Waals surface area (Å²) in [6.07, 6.45) is 2.18. The number of hydrogen-bond donors (Lipinski definition) is 3. The Morgan fingerprint density at radius 1 is 1.26 bits per heavy atom. The molecule has 2 aromatic heterocycles. The van der Waals surface area contributed by atoms with E-state index in [-0.39, 0.29) is 33.8 Å². The van der Waals surface area contributed by atoms with Gasteiger partial charge in [0.2, 0.25) is 0 Å². The highest BCUT2D eigenvalue weighted by atomic mass is 32.2. The van der Waals surface area contributed by atoms with Gasteiger partial charge in [-0.2, -0.15) is 0 Å². The summed E-state index contributed by atoms with van der Waals surface area (Å²) in [6, 6.07) is 9.13. The zero-order valence-corrected chi connectivity index (χ0v) is 20.3. The molecule has 35 heavy (non-hydrogen) atoms. The molecule has 1 atom stereocenters. The van der Waals surface area contributed by atoms with Gasteiger partial charge in [0.25, 0.3) is 15.9 Å². The summed E-state index contributed by atoms with van der Waals surface area (Å²) < 4.78 is 41.7. The normalized spacial score (nSPS) is 17.4. The molecular formula is C24H26FN5O4S. The van der Waals surface area contributed by atoms with Crippen LogP contribution in [0.3, 0.4) is 0 Å². The summed E-state index contributed by atoms with van der Waals surface area (Å²) in [6.45, 7) is 6.70. The maximum atomic E-state index is 13.9. The first kappa shape index (κ1) is 24.4. The van der Waals surface area contributed by atoms with Gasteiger partial charge in [-0.05, 0) is 62.6 Å². The highest BCUT2D eigenvalue weighted by Gasteiger charge is 2.41. The van der Waals surface area contributed by atoms with Crippen molar-refractivity contribution in [2.45, 2.75) is 37.6 Å². The molecule has 184 valence electrons. The molecule has 4 rings (SSSR count). The van der Waals surface area contributed by atoms with Crippen LogP contribution in [-0.2, 0) is 10.0 Å². The summed E-state index contributed by atoms with van der Waals surface area (Å²) in [7, 11) is -4.31. The van der Waals surface area contributed by atoms with Gasteiger partial charge >= 0.3 is 0 Å². The summed E-state index contributed by atoms with van der Waals surface area (Å²) in [5.74, 6) is -1.50. The van der Waals surface area contributed by atoms with E-state index in [1.807, 2.05) is 18.7 Å². The Morgan fingerprint density at radius 3 is 2.63 bits per heavy atom. The minimum absolute atomic E-state index is 0.0302. The van der Waals surface area contributed by atoms with Crippen molar-refractivity contribution in [3.8, 4) is 17.0 Å². The Kier molecular flexibility index (Phi) is 6.14. The zero-order valence-electron chi connectivity index (χ0n) is 19.5. The quantitative estimate of drug-likeness (QED) is 0.486. The molecule has 1 aliphatic rings. The van der Waals surface area contributed by atoms with E-state index in [9.17, 15) is 22.7 Å². The van der Waals surface area contributed by atoms with Crippen LogP contribution in [-0.4, -0.2) is 41.5 Å². The molecule has 4 N–H and O–H groups in total. The fourth-order valence-corrected chi connectivity index (χ4v) is 5.23. The number of anilines is 2. The Hall–Kier alpha value is -3.73. The fourth-order valence-electron chi connectivity index (χ4n) is 4.19. The summed E-state index contributed by atoms with van der Waals surface area (Å²) in [5.41, 5.74) is 5.97. The number of aromatic nitrogens is 2. The lowest BCUT2D eigenvalue weighted by atomic mass is 9.90. The van der Waals surface area contributed by atoms with Gasteiger partial charge in [-0.25, -0.2) is 27.5 Å². The molecular weight excluding hydrogens is 473 g/mol. The Balaban J connectivity index is 1.80. The number of nitrogens with two attached hydrogens (primary N) is 1. The molecule has 0 aliphatic carbocycles. The lowest BCUT2D eigenvalue weighted by molar-refractivity contribution is 0.0981. The number of amides is 1. The van der Waals surface area contributed by atoms with Crippen LogP contribution >= 0.6 is 0 Å². The molecule has 1 saturated heterocycles. The fraction of sp³-hybridized carbons (Fsp3) is 0.292. The second kappa shape index (κ2) is 8.81. The highest BCUT2D eigenvalue weighted by molar-refractivity contribution is 7.90. The first-order chi connectivity index (χ1) is 16.4. The number of phenols is 1. The molecule has 1 amide bonds. The van der Waals surface area contributed by atoms with Crippen molar-refractivity contribution in [3.63, 3.8) is 0 Å². The van der Waals surface area contributed by atoms with Gasteiger partial charge in [-0.3, -0.25) is 4.79 Å². The van der Waals surface area contributed by atoms with Crippen LogP contribution in [0.4, 0.5) is 16.0 Å². The molecule has 0 bridgehead atoms. The van der Waals surface area contributed by atoms with Gasteiger partial charge in [0, 0.05) is 29.9 Å². The van der Waals surface area contributed by atoms with Crippen molar-refractivity contribution >= 4 is 27.6 Å². The number of nitrogens with zero attached hydrogens (tertiary/aromatic N) is 3. The van der Waals surface area contributed by atoms with Crippen molar-refractivity contribution in [2.75, 3.05) is 17.2 Å². The predicted molar refractivity (Wildman–Crippen MR) is 130 cm³/mol. The molecule has 0 radical (unpaired) electrons. The van der Waals surface area contributed by atoms with Gasteiger partial charge in [0.05, 0.1) is 11.3 Å². The molecule has 1 fully saturated rings. The van der Waals surface area contributed by atoms with Gasteiger partial charge in [-0.15, -0.1) is 0 Å². The third-order valence-corrected chi connectivity index (χ3v) is 7.94. The van der Waals surface area contributed by atoms with E-state index in [1.165, 1.54) is 42.6 Å². The van der Waals surface area contributed by atoms with Gasteiger partial charge in [0.15, 0.2) is 0 Å². The van der Waals surface area contributed by atoms with Crippen LogP contribution in [0.1, 0.15) is 37.6 Å². The number of carbonyl (C=O) groups is 1. The molecule has 1 unspecified atom stereocenters. The van der Waals surface area contributed by atoms with Gasteiger partial charge < -0.3 is 15.7 Å². The number of halogens is 1. The maximum absolute atomic E-state index is 13.9. The van der Waals surface area contributed by atoms with Crippen LogP contribution in [0.2, 0.25) is 0 Å². The number of benzene rings is 1. The van der Waals surface area contributed by atoms with E-state index in [0.29, 0.717) is 17.8 Å². The maximum Gasteiger partial charge on any atom is 0.268 e. The summed E-state index contributed by atoms with van der Waals surface area (Å²) in [5, 5.41) is 9.83. The van der Waals surface area contributed by atoms with E-state index in [2.05, 4.69) is 21.6 Å². The Labute approximate surface area is 202 Å². The number of carbonyl (C=O) groups excluding carboxylic acids is 1. The molecule has 3 heterocycles. The lowest BCUT2D eigenvalue weighted by Gasteiger charge is -2.36. The van der Waals surface area contributed by atoms with Crippen molar-refractivity contribution in [1.29, 1.82) is 0 Å². The van der Waals surface area contributed by atoms with Crippen molar-refractivity contribution < 1.29 is 22.7 Å². The molecule has 0 saturated carbocycles.